The summed E-state index contributed by atoms with van der Waals surface area (Å²) in [6.45, 7) is 3.67. The van der Waals surface area contributed by atoms with Crippen LogP contribution in [0.2, 0.25) is 5.02 Å². The summed E-state index contributed by atoms with van der Waals surface area (Å²) in [6, 6.07) is 24.2. The van der Waals surface area contributed by atoms with Crippen molar-refractivity contribution >= 4 is 29.2 Å². The van der Waals surface area contributed by atoms with Crippen molar-refractivity contribution in [2.45, 2.75) is 6.92 Å². The second-order valence-electron chi connectivity index (χ2n) is 9.48. The zero-order valence-corrected chi connectivity index (χ0v) is 23.4. The van der Waals surface area contributed by atoms with E-state index in [0.717, 1.165) is 34.1 Å². The number of benzene rings is 3. The lowest BCUT2D eigenvalue weighted by Crippen LogP contribution is -2.51. The minimum Gasteiger partial charge on any atom is -0.497 e. The summed E-state index contributed by atoms with van der Waals surface area (Å²) in [5.74, 6) is 1.40. The number of amides is 3. The molecular weight excluding hydrogens is 528 g/mol. The summed E-state index contributed by atoms with van der Waals surface area (Å²) in [7, 11) is 3.23. The van der Waals surface area contributed by atoms with Gasteiger partial charge in [-0.05, 0) is 79.2 Å². The number of hydrogen-bond acceptors (Lipinski definition) is 4. The molecule has 3 aromatic carbocycles. The molecule has 0 unspecified atom stereocenters. The number of aromatic nitrogens is 1. The van der Waals surface area contributed by atoms with Gasteiger partial charge in [0.05, 0.1) is 36.2 Å². The third-order valence-electron chi connectivity index (χ3n) is 7.15. The summed E-state index contributed by atoms with van der Waals surface area (Å²) < 4.78 is 12.5. The molecule has 1 N–H and O–H groups in total. The number of halogens is 1. The maximum Gasteiger partial charge on any atom is 0.321 e. The van der Waals surface area contributed by atoms with Gasteiger partial charge in [-0.3, -0.25) is 4.79 Å². The number of methoxy groups -OCH3 is 2. The van der Waals surface area contributed by atoms with Crippen LogP contribution in [-0.2, 0) is 0 Å². The Morgan fingerprint density at radius 3 is 1.98 bits per heavy atom. The zero-order valence-electron chi connectivity index (χ0n) is 22.7. The summed E-state index contributed by atoms with van der Waals surface area (Å²) in [6.07, 6.45) is 0. The summed E-state index contributed by atoms with van der Waals surface area (Å²) >= 11 is 6.61. The monoisotopic (exact) mass is 558 g/mol. The Kier molecular flexibility index (Phi) is 7.98. The van der Waals surface area contributed by atoms with E-state index in [-0.39, 0.29) is 11.9 Å². The molecule has 0 spiro atoms. The van der Waals surface area contributed by atoms with Gasteiger partial charge in [0.15, 0.2) is 0 Å². The fraction of sp³-hybridized carbons (Fsp3) is 0.226. The quantitative estimate of drug-likeness (QED) is 0.310. The van der Waals surface area contributed by atoms with Gasteiger partial charge >= 0.3 is 6.03 Å². The van der Waals surface area contributed by atoms with Crippen molar-refractivity contribution in [2.75, 3.05) is 45.7 Å². The largest absolute Gasteiger partial charge is 0.497 e. The molecule has 0 atom stereocenters. The van der Waals surface area contributed by atoms with Gasteiger partial charge in [0.1, 0.15) is 11.5 Å². The molecule has 3 amide bonds. The van der Waals surface area contributed by atoms with Gasteiger partial charge in [-0.25, -0.2) is 4.79 Å². The van der Waals surface area contributed by atoms with Crippen LogP contribution in [-0.4, -0.2) is 66.7 Å². The van der Waals surface area contributed by atoms with E-state index in [1.807, 2.05) is 66.1 Å². The number of nitrogens with zero attached hydrogens (tertiary/aromatic N) is 3. The number of carbonyl (C=O) groups is 2. The number of para-hydroxylation sites is 1. The molecule has 0 radical (unpaired) electrons. The first-order valence-electron chi connectivity index (χ1n) is 13.0. The minimum atomic E-state index is -0.194. The molecule has 0 aliphatic carbocycles. The van der Waals surface area contributed by atoms with Gasteiger partial charge in [0.25, 0.3) is 5.91 Å². The van der Waals surface area contributed by atoms with Crippen molar-refractivity contribution in [2.24, 2.45) is 0 Å². The fourth-order valence-electron chi connectivity index (χ4n) is 4.90. The standard InChI is InChI=1S/C31H31ClN4O4/c1-21-26(20-29(22-8-12-24(39-2)13-9-22)36(21)28-7-5-4-6-27(28)32)30(37)34-16-18-35(19-17-34)31(38)33-23-10-14-25(40-3)15-11-23/h4-15,20H,16-19H2,1-3H3,(H,33,38). The molecule has 206 valence electrons. The lowest BCUT2D eigenvalue weighted by molar-refractivity contribution is 0.0671. The average Bonchev–Trinajstić information content (AvgIpc) is 3.34. The number of hydrogen-bond donors (Lipinski definition) is 1. The SMILES string of the molecule is COc1ccc(NC(=O)N2CCN(C(=O)c3cc(-c4ccc(OC)cc4)n(-c4ccccc4Cl)c3C)CC2)cc1. The van der Waals surface area contributed by atoms with Crippen LogP contribution < -0.4 is 14.8 Å². The Hall–Kier alpha value is -4.43. The van der Waals surface area contributed by atoms with Crippen molar-refractivity contribution in [3.63, 3.8) is 0 Å². The molecule has 1 aliphatic rings. The summed E-state index contributed by atoms with van der Waals surface area (Å²) in [5, 5.41) is 3.50. The zero-order chi connectivity index (χ0) is 28.2. The Labute approximate surface area is 238 Å². The molecule has 1 aliphatic heterocycles. The maximum atomic E-state index is 13.8. The summed E-state index contributed by atoms with van der Waals surface area (Å²) in [4.78, 5) is 30.1. The van der Waals surface area contributed by atoms with E-state index < -0.39 is 0 Å². The van der Waals surface area contributed by atoms with Crippen LogP contribution in [0, 0.1) is 6.92 Å². The van der Waals surface area contributed by atoms with Crippen molar-refractivity contribution < 1.29 is 19.1 Å². The van der Waals surface area contributed by atoms with Gasteiger partial charge in [-0.1, -0.05) is 23.7 Å². The maximum absolute atomic E-state index is 13.8. The number of piperazine rings is 1. The van der Waals surface area contributed by atoms with Gasteiger partial charge in [-0.15, -0.1) is 0 Å². The Balaban J connectivity index is 1.36. The molecule has 0 saturated carbocycles. The van der Waals surface area contributed by atoms with Gasteiger partial charge in [-0.2, -0.15) is 0 Å². The molecule has 1 fully saturated rings. The lowest BCUT2D eigenvalue weighted by Gasteiger charge is -2.34. The van der Waals surface area contributed by atoms with Crippen LogP contribution >= 0.6 is 11.6 Å². The number of anilines is 1. The first-order chi connectivity index (χ1) is 19.4. The Morgan fingerprint density at radius 2 is 1.38 bits per heavy atom. The molecule has 40 heavy (non-hydrogen) atoms. The molecule has 1 aromatic heterocycles. The first-order valence-corrected chi connectivity index (χ1v) is 13.4. The predicted molar refractivity (Wildman–Crippen MR) is 157 cm³/mol. The number of nitrogens with one attached hydrogen (secondary N) is 1. The third kappa shape index (κ3) is 5.49. The smallest absolute Gasteiger partial charge is 0.321 e. The molecular formula is C31H31ClN4O4. The van der Waals surface area contributed by atoms with Crippen molar-refractivity contribution in [3.8, 4) is 28.4 Å². The molecule has 9 heteroatoms. The molecule has 8 nitrogen and oxygen atoms in total. The highest BCUT2D eigenvalue weighted by molar-refractivity contribution is 6.32. The van der Waals surface area contributed by atoms with Crippen LogP contribution in [0.3, 0.4) is 0 Å². The number of rotatable bonds is 6. The number of urea groups is 1. The Morgan fingerprint density at radius 1 is 0.800 bits per heavy atom. The van der Waals surface area contributed by atoms with E-state index in [9.17, 15) is 9.59 Å². The average molecular weight is 559 g/mol. The minimum absolute atomic E-state index is 0.0757. The number of carbonyl (C=O) groups excluding carboxylic acids is 2. The van der Waals surface area contributed by atoms with E-state index >= 15 is 0 Å². The van der Waals surface area contributed by atoms with Crippen LogP contribution in [0.5, 0.6) is 11.5 Å². The Bertz CT molecular complexity index is 1510. The molecule has 2 heterocycles. The normalized spacial score (nSPS) is 13.2. The lowest BCUT2D eigenvalue weighted by atomic mass is 10.1. The summed E-state index contributed by atoms with van der Waals surface area (Å²) in [5.41, 5.74) is 4.67. The van der Waals surface area contributed by atoms with E-state index in [0.29, 0.717) is 42.5 Å². The van der Waals surface area contributed by atoms with Crippen LogP contribution in [0.15, 0.2) is 78.9 Å². The molecule has 1 saturated heterocycles. The fourth-order valence-corrected chi connectivity index (χ4v) is 5.12. The highest BCUT2D eigenvalue weighted by Crippen LogP contribution is 2.34. The van der Waals surface area contributed by atoms with Gasteiger partial charge in [0.2, 0.25) is 0 Å². The van der Waals surface area contributed by atoms with Crippen molar-refractivity contribution in [1.82, 2.24) is 14.4 Å². The van der Waals surface area contributed by atoms with Crippen molar-refractivity contribution in [1.29, 1.82) is 0 Å². The van der Waals surface area contributed by atoms with E-state index in [2.05, 4.69) is 5.32 Å². The first kappa shape index (κ1) is 27.1. The van der Waals surface area contributed by atoms with Crippen LogP contribution in [0.1, 0.15) is 16.1 Å². The second kappa shape index (κ2) is 11.8. The molecule has 0 bridgehead atoms. The van der Waals surface area contributed by atoms with Crippen LogP contribution in [0.25, 0.3) is 16.9 Å². The highest BCUT2D eigenvalue weighted by Gasteiger charge is 2.28. The van der Waals surface area contributed by atoms with Crippen LogP contribution in [0.4, 0.5) is 10.5 Å². The van der Waals surface area contributed by atoms with E-state index in [1.165, 1.54) is 0 Å². The van der Waals surface area contributed by atoms with Crippen molar-refractivity contribution in [3.05, 3.63) is 95.1 Å². The second-order valence-corrected chi connectivity index (χ2v) is 9.89. The van der Waals surface area contributed by atoms with Gasteiger partial charge < -0.3 is 29.2 Å². The third-order valence-corrected chi connectivity index (χ3v) is 7.47. The predicted octanol–water partition coefficient (Wildman–Crippen LogP) is 6.11. The highest BCUT2D eigenvalue weighted by atomic mass is 35.5. The molecule has 5 rings (SSSR count). The topological polar surface area (TPSA) is 76.0 Å². The van der Waals surface area contributed by atoms with E-state index in [1.54, 1.807) is 48.3 Å². The van der Waals surface area contributed by atoms with Gasteiger partial charge in [0, 0.05) is 37.6 Å². The van der Waals surface area contributed by atoms with E-state index in [4.69, 9.17) is 21.1 Å². The number of ether oxygens (including phenoxy) is 2. The molecule has 4 aromatic rings.